The van der Waals surface area contributed by atoms with E-state index in [9.17, 15) is 0 Å². The highest BCUT2D eigenvalue weighted by molar-refractivity contribution is 5.79. The number of hydrogen-bond donors (Lipinski definition) is 2. The summed E-state index contributed by atoms with van der Waals surface area (Å²) >= 11 is 0. The minimum Gasteiger partial charge on any atom is -0.381 e. The molecule has 7 nitrogen and oxygen atoms in total. The van der Waals surface area contributed by atoms with Crippen molar-refractivity contribution in [2.24, 2.45) is 4.99 Å². The second kappa shape index (κ2) is 13.6. The van der Waals surface area contributed by atoms with Gasteiger partial charge in [0.15, 0.2) is 5.96 Å². The number of hydrogen-bond acceptors (Lipinski definition) is 5. The largest absolute Gasteiger partial charge is 0.381 e. The topological polar surface area (TPSA) is 67.4 Å². The Kier molecular flexibility index (Phi) is 10.4. The number of aliphatic imine (C=N–C) groups is 1. The molecule has 168 valence electrons. The fourth-order valence-corrected chi connectivity index (χ4v) is 3.64. The molecule has 0 saturated carbocycles. The van der Waals surface area contributed by atoms with Gasteiger partial charge in [0.2, 0.25) is 0 Å². The highest BCUT2D eigenvalue weighted by atomic mass is 16.5. The lowest BCUT2D eigenvalue weighted by Gasteiger charge is -2.26. The Balaban J connectivity index is 1.37. The molecule has 0 bridgehead atoms. The fourth-order valence-electron chi connectivity index (χ4n) is 3.64. The van der Waals surface area contributed by atoms with E-state index in [0.717, 1.165) is 84.4 Å². The molecular formula is C23H38N4O3. The van der Waals surface area contributed by atoms with Crippen molar-refractivity contribution >= 4 is 5.96 Å². The summed E-state index contributed by atoms with van der Waals surface area (Å²) in [5, 5.41) is 6.78. The molecule has 0 amide bonds. The molecule has 1 aromatic carbocycles. The van der Waals surface area contributed by atoms with Crippen molar-refractivity contribution in [3.8, 4) is 0 Å². The van der Waals surface area contributed by atoms with E-state index >= 15 is 0 Å². The first-order valence-corrected chi connectivity index (χ1v) is 11.4. The van der Waals surface area contributed by atoms with Gasteiger partial charge in [0, 0.05) is 39.4 Å². The van der Waals surface area contributed by atoms with Gasteiger partial charge >= 0.3 is 0 Å². The van der Waals surface area contributed by atoms with Crippen LogP contribution < -0.4 is 10.6 Å². The molecule has 3 rings (SSSR count). The number of nitrogens with one attached hydrogen (secondary N) is 2. The smallest absolute Gasteiger partial charge is 0.191 e. The number of nitrogens with zero attached hydrogens (tertiary/aromatic N) is 2. The van der Waals surface area contributed by atoms with Gasteiger partial charge in [-0.05, 0) is 43.9 Å². The van der Waals surface area contributed by atoms with Crippen molar-refractivity contribution in [2.75, 3.05) is 59.2 Å². The van der Waals surface area contributed by atoms with Crippen LogP contribution in [0.5, 0.6) is 0 Å². The van der Waals surface area contributed by atoms with Crippen LogP contribution in [0.2, 0.25) is 0 Å². The van der Waals surface area contributed by atoms with Crippen LogP contribution in [0.4, 0.5) is 0 Å². The zero-order valence-corrected chi connectivity index (χ0v) is 18.4. The summed E-state index contributed by atoms with van der Waals surface area (Å²) in [7, 11) is 0. The molecule has 2 aliphatic rings. The molecule has 2 heterocycles. The van der Waals surface area contributed by atoms with Crippen molar-refractivity contribution in [1.82, 2.24) is 15.5 Å². The van der Waals surface area contributed by atoms with E-state index in [-0.39, 0.29) is 0 Å². The Hall–Kier alpha value is -1.67. The van der Waals surface area contributed by atoms with Crippen molar-refractivity contribution < 1.29 is 14.2 Å². The molecule has 0 aromatic heterocycles. The lowest BCUT2D eigenvalue weighted by Crippen LogP contribution is -2.40. The van der Waals surface area contributed by atoms with Crippen molar-refractivity contribution in [2.45, 2.75) is 45.4 Å². The van der Waals surface area contributed by atoms with Gasteiger partial charge in [0.25, 0.3) is 0 Å². The molecule has 30 heavy (non-hydrogen) atoms. The van der Waals surface area contributed by atoms with Gasteiger partial charge in [-0.15, -0.1) is 0 Å². The Morgan fingerprint density at radius 2 is 1.73 bits per heavy atom. The van der Waals surface area contributed by atoms with Crippen LogP contribution in [0, 0.1) is 0 Å². The summed E-state index contributed by atoms with van der Waals surface area (Å²) in [5.41, 5.74) is 2.41. The van der Waals surface area contributed by atoms with Gasteiger partial charge < -0.3 is 24.8 Å². The van der Waals surface area contributed by atoms with E-state index in [1.165, 1.54) is 11.1 Å². The maximum atomic E-state index is 6.00. The summed E-state index contributed by atoms with van der Waals surface area (Å²) in [6.45, 7) is 11.8. The fraction of sp³-hybridized carbons (Fsp3) is 0.696. The quantitative estimate of drug-likeness (QED) is 0.345. The second-order valence-corrected chi connectivity index (χ2v) is 7.87. The lowest BCUT2D eigenvalue weighted by molar-refractivity contribution is -0.0390. The lowest BCUT2D eigenvalue weighted by atomic mass is 10.1. The third-order valence-corrected chi connectivity index (χ3v) is 5.49. The van der Waals surface area contributed by atoms with E-state index in [4.69, 9.17) is 19.2 Å². The van der Waals surface area contributed by atoms with Crippen molar-refractivity contribution in [3.63, 3.8) is 0 Å². The van der Waals surface area contributed by atoms with Gasteiger partial charge in [-0.25, -0.2) is 4.99 Å². The second-order valence-electron chi connectivity index (χ2n) is 7.87. The standard InChI is InChI=1S/C23H38N4O3/c1-2-24-23(25-10-3-11-27-12-16-29-17-13-27)26-18-20-4-6-21(7-5-20)19-30-22-8-14-28-15-9-22/h4-7,22H,2-3,8-19H2,1H3,(H2,24,25,26). The summed E-state index contributed by atoms with van der Waals surface area (Å²) < 4.78 is 16.8. The minimum absolute atomic E-state index is 0.333. The van der Waals surface area contributed by atoms with Crippen LogP contribution in [0.3, 0.4) is 0 Å². The van der Waals surface area contributed by atoms with Gasteiger partial charge in [0.1, 0.15) is 0 Å². The van der Waals surface area contributed by atoms with Gasteiger partial charge in [0.05, 0.1) is 32.5 Å². The predicted octanol–water partition coefficient (Wildman–Crippen LogP) is 2.16. The number of ether oxygens (including phenoxy) is 3. The SMILES string of the molecule is CCNC(=NCc1ccc(COC2CCOCC2)cc1)NCCCN1CCOCC1. The molecule has 7 heteroatoms. The first kappa shape index (κ1) is 23.0. The average molecular weight is 419 g/mol. The minimum atomic E-state index is 0.333. The molecular weight excluding hydrogens is 380 g/mol. The highest BCUT2D eigenvalue weighted by Crippen LogP contribution is 2.14. The van der Waals surface area contributed by atoms with Crippen LogP contribution in [0.1, 0.15) is 37.3 Å². The molecule has 2 aliphatic heterocycles. The van der Waals surface area contributed by atoms with E-state index < -0.39 is 0 Å². The van der Waals surface area contributed by atoms with E-state index in [1.807, 2.05) is 0 Å². The van der Waals surface area contributed by atoms with Crippen LogP contribution in [0.15, 0.2) is 29.3 Å². The summed E-state index contributed by atoms with van der Waals surface area (Å²) in [6, 6.07) is 8.59. The van der Waals surface area contributed by atoms with Crippen molar-refractivity contribution in [1.29, 1.82) is 0 Å². The molecule has 0 atom stereocenters. The van der Waals surface area contributed by atoms with Gasteiger partial charge in [-0.1, -0.05) is 24.3 Å². The molecule has 1 aromatic rings. The van der Waals surface area contributed by atoms with E-state index in [0.29, 0.717) is 19.3 Å². The maximum absolute atomic E-state index is 6.00. The predicted molar refractivity (Wildman–Crippen MR) is 120 cm³/mol. The molecule has 2 N–H and O–H groups in total. The first-order valence-electron chi connectivity index (χ1n) is 11.4. The zero-order chi connectivity index (χ0) is 20.9. The normalized spacial score (nSPS) is 19.0. The molecule has 0 unspecified atom stereocenters. The zero-order valence-electron chi connectivity index (χ0n) is 18.4. The number of benzene rings is 1. The summed E-state index contributed by atoms with van der Waals surface area (Å²) in [6.07, 6.45) is 3.44. The van der Waals surface area contributed by atoms with Crippen molar-refractivity contribution in [3.05, 3.63) is 35.4 Å². The third kappa shape index (κ3) is 8.60. The van der Waals surface area contributed by atoms with Gasteiger partial charge in [-0.2, -0.15) is 0 Å². The molecule has 2 saturated heterocycles. The Morgan fingerprint density at radius 1 is 1.03 bits per heavy atom. The van der Waals surface area contributed by atoms with E-state index in [1.54, 1.807) is 0 Å². The number of morpholine rings is 1. The van der Waals surface area contributed by atoms with Crippen LogP contribution >= 0.6 is 0 Å². The van der Waals surface area contributed by atoms with Gasteiger partial charge in [-0.3, -0.25) is 4.90 Å². The Morgan fingerprint density at radius 3 is 2.47 bits per heavy atom. The van der Waals surface area contributed by atoms with E-state index in [2.05, 4.69) is 46.7 Å². The molecule has 0 spiro atoms. The Bertz CT molecular complexity index is 611. The monoisotopic (exact) mass is 418 g/mol. The van der Waals surface area contributed by atoms with Crippen LogP contribution in [-0.4, -0.2) is 76.1 Å². The highest BCUT2D eigenvalue weighted by Gasteiger charge is 2.14. The number of guanidine groups is 1. The van der Waals surface area contributed by atoms with Crippen LogP contribution in [0.25, 0.3) is 0 Å². The third-order valence-electron chi connectivity index (χ3n) is 5.49. The summed E-state index contributed by atoms with van der Waals surface area (Å²) in [4.78, 5) is 7.19. The average Bonchev–Trinajstić information content (AvgIpc) is 2.81. The Labute approximate surface area is 181 Å². The summed E-state index contributed by atoms with van der Waals surface area (Å²) in [5.74, 6) is 0.881. The maximum Gasteiger partial charge on any atom is 0.191 e. The first-order chi connectivity index (χ1) is 14.8. The molecule has 0 radical (unpaired) electrons. The molecule has 0 aliphatic carbocycles. The molecule has 2 fully saturated rings. The van der Waals surface area contributed by atoms with Crippen LogP contribution in [-0.2, 0) is 27.4 Å². The number of rotatable bonds is 10.